The van der Waals surface area contributed by atoms with Crippen molar-refractivity contribution < 1.29 is 9.94 Å². The highest BCUT2D eigenvalue weighted by Crippen LogP contribution is 2.48. The molecular weight excluding hydrogens is 192 g/mol. The van der Waals surface area contributed by atoms with Gasteiger partial charge in [0.05, 0.1) is 12.5 Å². The van der Waals surface area contributed by atoms with Crippen LogP contribution in [0.25, 0.3) is 0 Å². The van der Waals surface area contributed by atoms with Crippen LogP contribution in [0.4, 0.5) is 0 Å². The lowest BCUT2D eigenvalue weighted by Gasteiger charge is -2.13. The number of hydrogen-bond donors (Lipinski definition) is 2. The Hall–Kier alpha value is -1.71. The van der Waals surface area contributed by atoms with Gasteiger partial charge in [0.15, 0.2) is 0 Å². The van der Waals surface area contributed by atoms with E-state index in [-0.39, 0.29) is 5.41 Å². The molecule has 15 heavy (non-hydrogen) atoms. The lowest BCUT2D eigenvalue weighted by Crippen LogP contribution is -2.28. The fourth-order valence-electron chi connectivity index (χ4n) is 1.82. The second-order valence-corrected chi connectivity index (χ2v) is 3.80. The molecule has 3 N–H and O–H groups in total. The molecule has 0 saturated heterocycles. The van der Waals surface area contributed by atoms with E-state index >= 15 is 0 Å². The summed E-state index contributed by atoms with van der Waals surface area (Å²) in [6.45, 7) is 0. The van der Waals surface area contributed by atoms with Crippen molar-refractivity contribution >= 4 is 5.84 Å². The van der Waals surface area contributed by atoms with Crippen LogP contribution < -0.4 is 10.5 Å². The molecule has 4 nitrogen and oxygen atoms in total. The van der Waals surface area contributed by atoms with E-state index in [0.717, 1.165) is 24.2 Å². The average Bonchev–Trinajstić information content (AvgIpc) is 3.09. The maximum absolute atomic E-state index is 8.71. The van der Waals surface area contributed by atoms with Crippen molar-refractivity contribution in [3.63, 3.8) is 0 Å². The molecule has 0 bridgehead atoms. The molecule has 0 aromatic heterocycles. The van der Waals surface area contributed by atoms with Crippen LogP contribution in [0.3, 0.4) is 0 Å². The molecule has 1 aromatic carbocycles. The van der Waals surface area contributed by atoms with Crippen LogP contribution in [-0.2, 0) is 5.41 Å². The summed E-state index contributed by atoms with van der Waals surface area (Å²) in [6, 6.07) is 7.70. The minimum atomic E-state index is -0.235. The van der Waals surface area contributed by atoms with Gasteiger partial charge in [0.1, 0.15) is 11.6 Å². The fraction of sp³-hybridized carbons (Fsp3) is 0.364. The van der Waals surface area contributed by atoms with Crippen molar-refractivity contribution in [2.24, 2.45) is 10.9 Å². The zero-order valence-corrected chi connectivity index (χ0v) is 8.60. The van der Waals surface area contributed by atoms with Crippen molar-refractivity contribution in [3.05, 3.63) is 29.8 Å². The monoisotopic (exact) mass is 206 g/mol. The quantitative estimate of drug-likeness (QED) is 0.340. The van der Waals surface area contributed by atoms with Crippen LogP contribution in [0, 0.1) is 0 Å². The Morgan fingerprint density at radius 2 is 2.00 bits per heavy atom. The summed E-state index contributed by atoms with van der Waals surface area (Å²) in [5, 5.41) is 11.8. The molecule has 0 aliphatic heterocycles. The van der Waals surface area contributed by atoms with E-state index in [2.05, 4.69) is 5.16 Å². The smallest absolute Gasteiger partial charge is 0.149 e. The zero-order chi connectivity index (χ0) is 10.9. The normalized spacial score (nSPS) is 18.6. The van der Waals surface area contributed by atoms with Gasteiger partial charge in [-0.2, -0.15) is 0 Å². The molecule has 0 heterocycles. The van der Waals surface area contributed by atoms with Gasteiger partial charge in [-0.15, -0.1) is 0 Å². The Balaban J connectivity index is 2.30. The molecular formula is C11H14N2O2. The highest BCUT2D eigenvalue weighted by Gasteiger charge is 2.48. The summed E-state index contributed by atoms with van der Waals surface area (Å²) >= 11 is 0. The molecule has 1 aliphatic rings. The molecule has 80 valence electrons. The van der Waals surface area contributed by atoms with E-state index in [9.17, 15) is 0 Å². The molecule has 1 saturated carbocycles. The van der Waals surface area contributed by atoms with E-state index in [1.165, 1.54) is 0 Å². The number of oxime groups is 1. The molecule has 0 amide bonds. The summed E-state index contributed by atoms with van der Waals surface area (Å²) < 4.78 is 5.08. The molecule has 4 heteroatoms. The van der Waals surface area contributed by atoms with Crippen molar-refractivity contribution in [1.29, 1.82) is 0 Å². The number of methoxy groups -OCH3 is 1. The third-order valence-corrected chi connectivity index (χ3v) is 2.99. The Kier molecular flexibility index (Phi) is 2.26. The third-order valence-electron chi connectivity index (χ3n) is 2.99. The lowest BCUT2D eigenvalue weighted by molar-refractivity contribution is 0.315. The predicted octanol–water partition coefficient (Wildman–Crippen LogP) is 1.47. The number of hydrogen-bond acceptors (Lipinski definition) is 3. The summed E-state index contributed by atoms with van der Waals surface area (Å²) in [5.41, 5.74) is 6.53. The molecule has 2 rings (SSSR count). The maximum atomic E-state index is 8.71. The number of benzene rings is 1. The Morgan fingerprint density at radius 1 is 1.40 bits per heavy atom. The molecule has 1 aromatic rings. The molecule has 0 spiro atoms. The summed E-state index contributed by atoms with van der Waals surface area (Å²) in [5.74, 6) is 1.11. The van der Waals surface area contributed by atoms with Gasteiger partial charge >= 0.3 is 0 Å². The summed E-state index contributed by atoms with van der Waals surface area (Å²) in [7, 11) is 1.63. The SMILES string of the molecule is COc1ccc(C2(C(N)=NO)CC2)cc1. The Bertz CT molecular complexity index is 380. The minimum Gasteiger partial charge on any atom is -0.497 e. The average molecular weight is 206 g/mol. The van der Waals surface area contributed by atoms with Crippen LogP contribution in [0.1, 0.15) is 18.4 Å². The number of amidine groups is 1. The first-order valence-electron chi connectivity index (χ1n) is 4.85. The number of nitrogens with two attached hydrogens (primary N) is 1. The van der Waals surface area contributed by atoms with Crippen LogP contribution in [0.15, 0.2) is 29.4 Å². The second kappa shape index (κ2) is 3.46. The van der Waals surface area contributed by atoms with Crippen LogP contribution >= 0.6 is 0 Å². The second-order valence-electron chi connectivity index (χ2n) is 3.80. The van der Waals surface area contributed by atoms with Crippen LogP contribution in [0.5, 0.6) is 5.75 Å². The van der Waals surface area contributed by atoms with E-state index in [4.69, 9.17) is 15.7 Å². The van der Waals surface area contributed by atoms with Crippen LogP contribution in [-0.4, -0.2) is 18.2 Å². The van der Waals surface area contributed by atoms with E-state index < -0.39 is 0 Å². The molecule has 1 fully saturated rings. The molecule has 1 aliphatic carbocycles. The first kappa shape index (κ1) is 9.83. The Labute approximate surface area is 88.3 Å². The zero-order valence-electron chi connectivity index (χ0n) is 8.60. The third kappa shape index (κ3) is 1.52. The first-order chi connectivity index (χ1) is 7.23. The Morgan fingerprint density at radius 3 is 2.40 bits per heavy atom. The van der Waals surface area contributed by atoms with E-state index in [0.29, 0.717) is 5.84 Å². The molecule has 0 unspecified atom stereocenters. The standard InChI is InChI=1S/C11H14N2O2/c1-15-9-4-2-8(3-5-9)11(6-7-11)10(12)13-14/h2-5,14H,6-7H2,1H3,(H2,12,13). The van der Waals surface area contributed by atoms with Gasteiger partial charge in [-0.1, -0.05) is 17.3 Å². The van der Waals surface area contributed by atoms with Crippen molar-refractivity contribution in [2.75, 3.05) is 7.11 Å². The van der Waals surface area contributed by atoms with Gasteiger partial charge in [-0.3, -0.25) is 0 Å². The first-order valence-corrected chi connectivity index (χ1v) is 4.85. The van der Waals surface area contributed by atoms with Gasteiger partial charge in [0.2, 0.25) is 0 Å². The van der Waals surface area contributed by atoms with Gasteiger partial charge in [-0.05, 0) is 30.5 Å². The molecule has 0 atom stereocenters. The predicted molar refractivity (Wildman–Crippen MR) is 57.3 cm³/mol. The highest BCUT2D eigenvalue weighted by atomic mass is 16.5. The fourth-order valence-corrected chi connectivity index (χ4v) is 1.82. The highest BCUT2D eigenvalue weighted by molar-refractivity contribution is 5.94. The van der Waals surface area contributed by atoms with Crippen molar-refractivity contribution in [2.45, 2.75) is 18.3 Å². The van der Waals surface area contributed by atoms with E-state index in [1.54, 1.807) is 7.11 Å². The van der Waals surface area contributed by atoms with Gasteiger partial charge < -0.3 is 15.7 Å². The number of nitrogens with zero attached hydrogens (tertiary/aromatic N) is 1. The molecule has 0 radical (unpaired) electrons. The van der Waals surface area contributed by atoms with Gasteiger partial charge in [0.25, 0.3) is 0 Å². The minimum absolute atomic E-state index is 0.235. The number of ether oxygens (including phenoxy) is 1. The van der Waals surface area contributed by atoms with Crippen molar-refractivity contribution in [3.8, 4) is 5.75 Å². The summed E-state index contributed by atoms with van der Waals surface area (Å²) in [4.78, 5) is 0. The largest absolute Gasteiger partial charge is 0.497 e. The lowest BCUT2D eigenvalue weighted by atomic mass is 9.95. The van der Waals surface area contributed by atoms with Gasteiger partial charge in [0, 0.05) is 0 Å². The number of rotatable bonds is 3. The van der Waals surface area contributed by atoms with Crippen molar-refractivity contribution in [1.82, 2.24) is 0 Å². The van der Waals surface area contributed by atoms with E-state index in [1.807, 2.05) is 24.3 Å². The van der Waals surface area contributed by atoms with Gasteiger partial charge in [-0.25, -0.2) is 0 Å². The maximum Gasteiger partial charge on any atom is 0.149 e. The topological polar surface area (TPSA) is 67.8 Å². The summed E-state index contributed by atoms with van der Waals surface area (Å²) in [6.07, 6.45) is 1.88. The van der Waals surface area contributed by atoms with Crippen LogP contribution in [0.2, 0.25) is 0 Å².